The number of halogens is 3. The van der Waals surface area contributed by atoms with Gasteiger partial charge in [-0.05, 0) is 29.8 Å². The summed E-state index contributed by atoms with van der Waals surface area (Å²) in [5.41, 5.74) is 0.669. The minimum atomic E-state index is -4.08. The quantitative estimate of drug-likeness (QED) is 0.792. The maximum Gasteiger partial charge on any atom is 0.262 e. The molecule has 2 nitrogen and oxygen atoms in total. The summed E-state index contributed by atoms with van der Waals surface area (Å²) >= 11 is 0. The van der Waals surface area contributed by atoms with Crippen LogP contribution in [0.5, 0.6) is 0 Å². The molecule has 0 spiro atoms. The Morgan fingerprint density at radius 2 is 1.44 bits per heavy atom. The van der Waals surface area contributed by atoms with E-state index in [1.165, 1.54) is 30.3 Å². The minimum absolute atomic E-state index is 0.228. The summed E-state index contributed by atoms with van der Waals surface area (Å²) < 4.78 is 48.6. The summed E-state index contributed by atoms with van der Waals surface area (Å²) in [6.45, 7) is 0. The second-order valence-corrected chi connectivity index (χ2v) is 6.12. The first-order valence-corrected chi connectivity index (χ1v) is 7.19. The van der Waals surface area contributed by atoms with E-state index in [1.54, 1.807) is 0 Å². The zero-order valence-electron chi connectivity index (χ0n) is 8.90. The van der Waals surface area contributed by atoms with Crippen LogP contribution in [-0.4, -0.2) is 8.42 Å². The van der Waals surface area contributed by atoms with Crippen LogP contribution in [0.1, 0.15) is 0 Å². The van der Waals surface area contributed by atoms with Crippen LogP contribution in [0.25, 0.3) is 11.1 Å². The van der Waals surface area contributed by atoms with Crippen LogP contribution in [0.3, 0.4) is 0 Å². The van der Waals surface area contributed by atoms with Crippen molar-refractivity contribution in [3.8, 4) is 11.1 Å². The van der Waals surface area contributed by atoms with Crippen LogP contribution < -0.4 is 0 Å². The lowest BCUT2D eigenvalue weighted by Gasteiger charge is -2.07. The Morgan fingerprint density at radius 3 is 2.00 bits per heavy atom. The van der Waals surface area contributed by atoms with Gasteiger partial charge in [0.05, 0.1) is 4.90 Å². The molecule has 0 radical (unpaired) electrons. The summed E-state index contributed by atoms with van der Waals surface area (Å²) in [4.78, 5) is -0.337. The highest BCUT2D eigenvalue weighted by molar-refractivity contribution is 8.13. The molecule has 0 saturated carbocycles. The molecule has 0 bridgehead atoms. The van der Waals surface area contributed by atoms with Gasteiger partial charge in [-0.25, -0.2) is 17.2 Å². The van der Waals surface area contributed by atoms with Crippen LogP contribution >= 0.6 is 10.7 Å². The van der Waals surface area contributed by atoms with Crippen molar-refractivity contribution in [1.29, 1.82) is 0 Å². The highest BCUT2D eigenvalue weighted by atomic mass is 35.7. The maximum absolute atomic E-state index is 13.1. The number of rotatable bonds is 2. The summed E-state index contributed by atoms with van der Waals surface area (Å²) in [7, 11) is 1.17. The van der Waals surface area contributed by atoms with Crippen molar-refractivity contribution in [3.63, 3.8) is 0 Å². The number of benzene rings is 2. The number of hydrogen-bond donors (Lipinski definition) is 0. The van der Waals surface area contributed by atoms with Gasteiger partial charge in [-0.3, -0.25) is 0 Å². The fourth-order valence-electron chi connectivity index (χ4n) is 1.57. The van der Waals surface area contributed by atoms with Crippen LogP contribution in [0.15, 0.2) is 47.4 Å². The lowest BCUT2D eigenvalue weighted by molar-refractivity contribution is 0.602. The van der Waals surface area contributed by atoms with Crippen LogP contribution in [-0.2, 0) is 9.05 Å². The molecule has 2 aromatic rings. The largest absolute Gasteiger partial charge is 0.262 e. The smallest absolute Gasteiger partial charge is 0.207 e. The second-order valence-electron chi connectivity index (χ2n) is 3.59. The molecule has 18 heavy (non-hydrogen) atoms. The molecule has 0 heterocycles. The highest BCUT2D eigenvalue weighted by Crippen LogP contribution is 2.30. The lowest BCUT2D eigenvalue weighted by atomic mass is 10.1. The van der Waals surface area contributed by atoms with E-state index in [0.29, 0.717) is 5.56 Å². The molecule has 0 aliphatic rings. The first-order valence-electron chi connectivity index (χ1n) is 4.88. The molecule has 0 amide bonds. The Balaban J connectivity index is 2.68. The molecular formula is C12H7ClF2O2S. The van der Waals surface area contributed by atoms with Crippen molar-refractivity contribution in [2.45, 2.75) is 4.90 Å². The zero-order valence-corrected chi connectivity index (χ0v) is 10.5. The average Bonchev–Trinajstić information content (AvgIpc) is 2.29. The predicted octanol–water partition coefficient (Wildman–Crippen LogP) is 3.56. The van der Waals surface area contributed by atoms with E-state index in [-0.39, 0.29) is 10.5 Å². The molecular weight excluding hydrogens is 282 g/mol. The van der Waals surface area contributed by atoms with Gasteiger partial charge in [-0.1, -0.05) is 18.2 Å². The molecule has 0 saturated heterocycles. The van der Waals surface area contributed by atoms with E-state index in [1.807, 2.05) is 0 Å². The van der Waals surface area contributed by atoms with Gasteiger partial charge in [0, 0.05) is 16.2 Å². The normalized spacial score (nSPS) is 11.5. The van der Waals surface area contributed by atoms with Gasteiger partial charge in [0.15, 0.2) is 0 Å². The topological polar surface area (TPSA) is 34.1 Å². The maximum atomic E-state index is 13.1. The first kappa shape index (κ1) is 13.0. The molecule has 2 rings (SSSR count). The molecule has 0 unspecified atom stereocenters. The van der Waals surface area contributed by atoms with E-state index in [2.05, 4.69) is 0 Å². The molecule has 0 fully saturated rings. The van der Waals surface area contributed by atoms with E-state index in [4.69, 9.17) is 10.7 Å². The summed E-state index contributed by atoms with van der Waals surface area (Å²) in [6, 6.07) is 8.40. The van der Waals surface area contributed by atoms with Crippen LogP contribution in [0.4, 0.5) is 8.78 Å². The van der Waals surface area contributed by atoms with E-state index >= 15 is 0 Å². The highest BCUT2D eigenvalue weighted by Gasteiger charge is 2.17. The summed E-state index contributed by atoms with van der Waals surface area (Å²) in [5, 5.41) is 0. The zero-order chi connectivity index (χ0) is 13.3. The Labute approximate surface area is 107 Å². The molecule has 2 aromatic carbocycles. The summed E-state index contributed by atoms with van der Waals surface area (Å²) in [6.07, 6.45) is 0. The van der Waals surface area contributed by atoms with Gasteiger partial charge in [0.1, 0.15) is 11.6 Å². The second kappa shape index (κ2) is 4.66. The van der Waals surface area contributed by atoms with E-state index in [0.717, 1.165) is 12.1 Å². The van der Waals surface area contributed by atoms with Crippen molar-refractivity contribution in [2.75, 3.05) is 0 Å². The Kier molecular flexibility index (Phi) is 3.36. The molecule has 0 aliphatic heterocycles. The predicted molar refractivity (Wildman–Crippen MR) is 64.8 cm³/mol. The molecule has 0 aliphatic carbocycles. The third-order valence-electron chi connectivity index (χ3n) is 2.36. The number of hydrogen-bond acceptors (Lipinski definition) is 2. The minimum Gasteiger partial charge on any atom is -0.207 e. The lowest BCUT2D eigenvalue weighted by Crippen LogP contribution is -1.96. The monoisotopic (exact) mass is 288 g/mol. The summed E-state index contributed by atoms with van der Waals surface area (Å²) in [5.74, 6) is -1.16. The first-order chi connectivity index (χ1) is 8.38. The molecule has 0 N–H and O–H groups in total. The van der Waals surface area contributed by atoms with Crippen LogP contribution in [0, 0.1) is 11.6 Å². The Bertz CT molecular complexity index is 682. The van der Waals surface area contributed by atoms with Crippen molar-refractivity contribution in [1.82, 2.24) is 0 Å². The Morgan fingerprint density at radius 1 is 0.889 bits per heavy atom. The molecule has 0 aromatic heterocycles. The third-order valence-corrected chi connectivity index (χ3v) is 3.72. The molecule has 6 heteroatoms. The van der Waals surface area contributed by atoms with Gasteiger partial charge < -0.3 is 0 Å². The third kappa shape index (κ3) is 2.68. The van der Waals surface area contributed by atoms with Crippen molar-refractivity contribution in [2.24, 2.45) is 0 Å². The van der Waals surface area contributed by atoms with Gasteiger partial charge >= 0.3 is 0 Å². The van der Waals surface area contributed by atoms with Crippen molar-refractivity contribution < 1.29 is 17.2 Å². The van der Waals surface area contributed by atoms with Gasteiger partial charge in [0.2, 0.25) is 0 Å². The van der Waals surface area contributed by atoms with Crippen molar-refractivity contribution in [3.05, 3.63) is 54.1 Å². The fourth-order valence-corrected chi connectivity index (χ4v) is 2.65. The molecule has 94 valence electrons. The fraction of sp³-hybridized carbons (Fsp3) is 0. The van der Waals surface area contributed by atoms with Gasteiger partial charge in [-0.2, -0.15) is 0 Å². The SMILES string of the molecule is O=S(=O)(Cl)c1cc(F)ccc1-c1ccc(F)cc1. The van der Waals surface area contributed by atoms with Crippen LogP contribution in [0.2, 0.25) is 0 Å². The van der Waals surface area contributed by atoms with Gasteiger partial charge in [-0.15, -0.1) is 0 Å². The molecule has 0 atom stereocenters. The van der Waals surface area contributed by atoms with E-state index in [9.17, 15) is 17.2 Å². The van der Waals surface area contributed by atoms with Gasteiger partial charge in [0.25, 0.3) is 9.05 Å². The van der Waals surface area contributed by atoms with Crippen molar-refractivity contribution >= 4 is 19.7 Å². The average molecular weight is 289 g/mol. The Hall–Kier alpha value is -1.46. The van der Waals surface area contributed by atoms with E-state index < -0.39 is 20.7 Å². The standard InChI is InChI=1S/C12H7ClF2O2S/c13-18(16,17)12-7-10(15)5-6-11(12)8-1-3-9(14)4-2-8/h1-7H.